The van der Waals surface area contributed by atoms with E-state index in [1.165, 1.54) is 12.1 Å². The molecule has 2 heterocycles. The van der Waals surface area contributed by atoms with Crippen molar-refractivity contribution >= 4 is 5.91 Å². The van der Waals surface area contributed by atoms with Crippen LogP contribution < -0.4 is 4.74 Å². The standard InChI is InChI=1S/C20H23FN2O3/c1-15-5-2-7-17(22-15)12-19(24)23-10-4-9-20(25,13-23)14-26-18-8-3-6-16(21)11-18/h2-3,5-8,11,25H,4,9-10,12-14H2,1H3. The summed E-state index contributed by atoms with van der Waals surface area (Å²) < 4.78 is 18.8. The Morgan fingerprint density at radius 2 is 2.15 bits per heavy atom. The number of aryl methyl sites for hydroxylation is 1. The fourth-order valence-electron chi connectivity index (χ4n) is 3.18. The van der Waals surface area contributed by atoms with Crippen LogP contribution in [0.2, 0.25) is 0 Å². The lowest BCUT2D eigenvalue weighted by atomic mass is 9.93. The summed E-state index contributed by atoms with van der Waals surface area (Å²) in [6.45, 7) is 2.71. The molecule has 1 saturated heterocycles. The molecule has 6 heteroatoms. The maximum absolute atomic E-state index is 13.2. The Hall–Kier alpha value is -2.47. The fourth-order valence-corrected chi connectivity index (χ4v) is 3.18. The van der Waals surface area contributed by atoms with Crippen molar-refractivity contribution in [1.82, 2.24) is 9.88 Å². The van der Waals surface area contributed by atoms with Crippen LogP contribution >= 0.6 is 0 Å². The van der Waals surface area contributed by atoms with Crippen molar-refractivity contribution in [3.63, 3.8) is 0 Å². The Bertz CT molecular complexity index is 783. The van der Waals surface area contributed by atoms with E-state index in [2.05, 4.69) is 4.98 Å². The summed E-state index contributed by atoms with van der Waals surface area (Å²) in [5.74, 6) is -0.0848. The zero-order chi connectivity index (χ0) is 18.6. The highest BCUT2D eigenvalue weighted by Gasteiger charge is 2.36. The number of benzene rings is 1. The molecular weight excluding hydrogens is 335 g/mol. The number of aromatic nitrogens is 1. The molecule has 0 radical (unpaired) electrons. The number of hydrogen-bond acceptors (Lipinski definition) is 4. The first-order chi connectivity index (χ1) is 12.4. The van der Waals surface area contributed by atoms with Crippen molar-refractivity contribution in [2.45, 2.75) is 31.8 Å². The van der Waals surface area contributed by atoms with Crippen LogP contribution in [-0.2, 0) is 11.2 Å². The number of piperidine rings is 1. The molecule has 2 aromatic rings. The number of β-amino-alcohol motifs (C(OH)–C–C–N with tert-alkyl or cyclic N) is 1. The summed E-state index contributed by atoms with van der Waals surface area (Å²) in [6, 6.07) is 11.4. The Balaban J connectivity index is 1.59. The first kappa shape index (κ1) is 18.3. The number of halogens is 1. The third-order valence-corrected chi connectivity index (χ3v) is 4.49. The number of hydrogen-bond donors (Lipinski definition) is 1. The Labute approximate surface area is 152 Å². The first-order valence-corrected chi connectivity index (χ1v) is 8.75. The van der Waals surface area contributed by atoms with Crippen LogP contribution in [0.3, 0.4) is 0 Å². The largest absolute Gasteiger partial charge is 0.490 e. The van der Waals surface area contributed by atoms with Gasteiger partial charge in [-0.05, 0) is 44.0 Å². The van der Waals surface area contributed by atoms with Crippen LogP contribution in [0.4, 0.5) is 4.39 Å². The zero-order valence-corrected chi connectivity index (χ0v) is 14.8. The molecule has 138 valence electrons. The van der Waals surface area contributed by atoms with Gasteiger partial charge in [-0.3, -0.25) is 9.78 Å². The van der Waals surface area contributed by atoms with E-state index >= 15 is 0 Å². The predicted molar refractivity (Wildman–Crippen MR) is 95.3 cm³/mol. The Morgan fingerprint density at radius 3 is 2.92 bits per heavy atom. The van der Waals surface area contributed by atoms with Crippen LogP contribution in [0.5, 0.6) is 5.75 Å². The quantitative estimate of drug-likeness (QED) is 0.892. The molecule has 1 N–H and O–H groups in total. The topological polar surface area (TPSA) is 62.7 Å². The Kier molecular flexibility index (Phi) is 5.52. The minimum Gasteiger partial charge on any atom is -0.490 e. The van der Waals surface area contributed by atoms with E-state index in [1.807, 2.05) is 25.1 Å². The first-order valence-electron chi connectivity index (χ1n) is 8.75. The van der Waals surface area contributed by atoms with Gasteiger partial charge >= 0.3 is 0 Å². The summed E-state index contributed by atoms with van der Waals surface area (Å²) >= 11 is 0. The van der Waals surface area contributed by atoms with E-state index < -0.39 is 5.60 Å². The zero-order valence-electron chi connectivity index (χ0n) is 14.8. The molecule has 1 atom stereocenters. The molecule has 1 aromatic heterocycles. The van der Waals surface area contributed by atoms with E-state index in [9.17, 15) is 14.3 Å². The molecule has 1 aliphatic rings. The molecule has 1 unspecified atom stereocenters. The molecule has 0 saturated carbocycles. The highest BCUT2D eigenvalue weighted by Crippen LogP contribution is 2.24. The maximum atomic E-state index is 13.2. The number of aliphatic hydroxyl groups is 1. The molecule has 3 rings (SSSR count). The highest BCUT2D eigenvalue weighted by atomic mass is 19.1. The summed E-state index contributed by atoms with van der Waals surface area (Å²) in [5.41, 5.74) is 0.453. The molecule has 1 aromatic carbocycles. The van der Waals surface area contributed by atoms with Crippen LogP contribution in [-0.4, -0.2) is 46.2 Å². The molecule has 26 heavy (non-hydrogen) atoms. The molecular formula is C20H23FN2O3. The summed E-state index contributed by atoms with van der Waals surface area (Å²) in [7, 11) is 0. The number of rotatable bonds is 5. The number of carbonyl (C=O) groups is 1. The van der Waals surface area contributed by atoms with Gasteiger partial charge in [0.2, 0.25) is 5.91 Å². The summed E-state index contributed by atoms with van der Waals surface area (Å²) in [6.07, 6.45) is 1.44. The number of likely N-dealkylation sites (tertiary alicyclic amines) is 1. The highest BCUT2D eigenvalue weighted by molar-refractivity contribution is 5.78. The average Bonchev–Trinajstić information content (AvgIpc) is 2.60. The molecule has 0 spiro atoms. The van der Waals surface area contributed by atoms with Gasteiger partial charge < -0.3 is 14.7 Å². The van der Waals surface area contributed by atoms with E-state index in [0.29, 0.717) is 25.1 Å². The molecule has 1 amide bonds. The lowest BCUT2D eigenvalue weighted by molar-refractivity contribution is -0.139. The molecule has 5 nitrogen and oxygen atoms in total. The number of carbonyl (C=O) groups excluding carboxylic acids is 1. The summed E-state index contributed by atoms with van der Waals surface area (Å²) in [4.78, 5) is 18.6. The van der Waals surface area contributed by atoms with Crippen LogP contribution in [0.1, 0.15) is 24.2 Å². The lowest BCUT2D eigenvalue weighted by Crippen LogP contribution is -2.53. The molecule has 1 fully saturated rings. The minimum absolute atomic E-state index is 0.0168. The number of ether oxygens (including phenoxy) is 1. The summed E-state index contributed by atoms with van der Waals surface area (Å²) in [5, 5.41) is 10.8. The van der Waals surface area contributed by atoms with Gasteiger partial charge in [0.1, 0.15) is 23.8 Å². The second-order valence-electron chi connectivity index (χ2n) is 6.84. The van der Waals surface area contributed by atoms with Crippen molar-refractivity contribution in [3.8, 4) is 5.75 Å². The van der Waals surface area contributed by atoms with Gasteiger partial charge in [-0.2, -0.15) is 0 Å². The van der Waals surface area contributed by atoms with Crippen LogP contribution in [0.25, 0.3) is 0 Å². The fraction of sp³-hybridized carbons (Fsp3) is 0.400. The number of pyridine rings is 1. The van der Waals surface area contributed by atoms with Crippen molar-refractivity contribution in [3.05, 3.63) is 59.7 Å². The predicted octanol–water partition coefficient (Wildman–Crippen LogP) is 2.50. The third kappa shape index (κ3) is 4.79. The monoisotopic (exact) mass is 358 g/mol. The second-order valence-corrected chi connectivity index (χ2v) is 6.84. The second kappa shape index (κ2) is 7.83. The van der Waals surface area contributed by atoms with Gasteiger partial charge in [0.15, 0.2) is 0 Å². The normalized spacial score (nSPS) is 20.0. The smallest absolute Gasteiger partial charge is 0.228 e. The SMILES string of the molecule is Cc1cccc(CC(=O)N2CCCC(O)(COc3cccc(F)c3)C2)n1. The van der Waals surface area contributed by atoms with Crippen LogP contribution in [0, 0.1) is 12.7 Å². The van der Waals surface area contributed by atoms with Gasteiger partial charge in [0, 0.05) is 24.0 Å². The van der Waals surface area contributed by atoms with Gasteiger partial charge in [-0.25, -0.2) is 4.39 Å². The van der Waals surface area contributed by atoms with E-state index in [1.54, 1.807) is 17.0 Å². The van der Waals surface area contributed by atoms with Crippen molar-refractivity contribution in [2.24, 2.45) is 0 Å². The van der Waals surface area contributed by atoms with Gasteiger partial charge in [-0.15, -0.1) is 0 Å². The van der Waals surface area contributed by atoms with Crippen molar-refractivity contribution < 1.29 is 19.0 Å². The van der Waals surface area contributed by atoms with Gasteiger partial charge in [-0.1, -0.05) is 12.1 Å². The lowest BCUT2D eigenvalue weighted by Gasteiger charge is -2.39. The van der Waals surface area contributed by atoms with Gasteiger partial charge in [0.05, 0.1) is 13.0 Å². The van der Waals surface area contributed by atoms with Crippen LogP contribution in [0.15, 0.2) is 42.5 Å². The maximum Gasteiger partial charge on any atom is 0.228 e. The minimum atomic E-state index is -1.14. The molecule has 0 aliphatic carbocycles. The van der Waals surface area contributed by atoms with E-state index in [-0.39, 0.29) is 31.3 Å². The van der Waals surface area contributed by atoms with Crippen molar-refractivity contribution in [1.29, 1.82) is 0 Å². The third-order valence-electron chi connectivity index (χ3n) is 4.49. The molecule has 0 bridgehead atoms. The van der Waals surface area contributed by atoms with E-state index in [0.717, 1.165) is 11.4 Å². The molecule has 1 aliphatic heterocycles. The van der Waals surface area contributed by atoms with Gasteiger partial charge in [0.25, 0.3) is 0 Å². The van der Waals surface area contributed by atoms with E-state index in [4.69, 9.17) is 4.74 Å². The van der Waals surface area contributed by atoms with Crippen molar-refractivity contribution in [2.75, 3.05) is 19.7 Å². The average molecular weight is 358 g/mol. The Morgan fingerprint density at radius 1 is 1.35 bits per heavy atom. The number of amides is 1. The number of nitrogens with zero attached hydrogens (tertiary/aromatic N) is 2.